The van der Waals surface area contributed by atoms with Crippen LogP contribution in [0.2, 0.25) is 0 Å². The van der Waals surface area contributed by atoms with Crippen LogP contribution in [0.25, 0.3) is 5.69 Å². The smallest absolute Gasteiger partial charge is 0.239 e. The minimum Gasteiger partial charge on any atom is -0.373 e. The van der Waals surface area contributed by atoms with Gasteiger partial charge in [0.05, 0.1) is 17.9 Å². The lowest BCUT2D eigenvalue weighted by atomic mass is 9.98. The summed E-state index contributed by atoms with van der Waals surface area (Å²) in [4.78, 5) is 4.32. The molecule has 1 aliphatic heterocycles. The van der Waals surface area contributed by atoms with Gasteiger partial charge in [-0.25, -0.2) is 9.36 Å². The lowest BCUT2D eigenvalue weighted by molar-refractivity contribution is 0.0649. The summed E-state index contributed by atoms with van der Waals surface area (Å²) < 4.78 is 9.24. The number of ether oxygens (including phenoxy) is 1. The predicted octanol–water partition coefficient (Wildman–Crippen LogP) is 2.12. The summed E-state index contributed by atoms with van der Waals surface area (Å²) in [6.07, 6.45) is 5.66. The highest BCUT2D eigenvalue weighted by Crippen LogP contribution is 2.36. The lowest BCUT2D eigenvalue weighted by Crippen LogP contribution is -2.24. The molecule has 1 aromatic carbocycles. The van der Waals surface area contributed by atoms with Crippen LogP contribution in [-0.2, 0) is 4.74 Å². The van der Waals surface area contributed by atoms with Gasteiger partial charge in [0.15, 0.2) is 5.82 Å². The summed E-state index contributed by atoms with van der Waals surface area (Å²) in [6.45, 7) is 0. The summed E-state index contributed by atoms with van der Waals surface area (Å²) in [7, 11) is 1.69. The van der Waals surface area contributed by atoms with Crippen molar-refractivity contribution < 1.29 is 4.74 Å². The molecule has 2 unspecified atom stereocenters. The van der Waals surface area contributed by atoms with E-state index in [4.69, 9.17) is 10.5 Å². The molecule has 1 aliphatic rings. The second-order valence-electron chi connectivity index (χ2n) is 5.64. The van der Waals surface area contributed by atoms with Crippen molar-refractivity contribution in [2.45, 2.75) is 25.0 Å². The van der Waals surface area contributed by atoms with Gasteiger partial charge >= 0.3 is 0 Å². The maximum atomic E-state index is 5.79. The van der Waals surface area contributed by atoms with E-state index in [1.807, 2.05) is 52.1 Å². The summed E-state index contributed by atoms with van der Waals surface area (Å²) in [5, 5.41) is 8.83. The zero-order valence-electron chi connectivity index (χ0n) is 12.8. The number of benzene rings is 1. The molecule has 2 atom stereocenters. The SMILES string of the molecule is COC1CCC(c2cnn(-c3ccccc3)c2)n2nc(N)nc21. The van der Waals surface area contributed by atoms with Crippen LogP contribution in [-0.4, -0.2) is 31.7 Å². The van der Waals surface area contributed by atoms with Crippen molar-refractivity contribution in [3.8, 4) is 5.69 Å². The third kappa shape index (κ3) is 2.39. The Hall–Kier alpha value is -2.67. The maximum absolute atomic E-state index is 5.79. The van der Waals surface area contributed by atoms with E-state index in [1.165, 1.54) is 0 Å². The molecule has 0 saturated carbocycles. The zero-order chi connectivity index (χ0) is 15.8. The van der Waals surface area contributed by atoms with Gasteiger partial charge in [0.25, 0.3) is 0 Å². The van der Waals surface area contributed by atoms with E-state index >= 15 is 0 Å². The minimum atomic E-state index is -0.0554. The van der Waals surface area contributed by atoms with Crippen molar-refractivity contribution in [2.24, 2.45) is 0 Å². The van der Waals surface area contributed by atoms with Crippen molar-refractivity contribution in [3.63, 3.8) is 0 Å². The fraction of sp³-hybridized carbons (Fsp3) is 0.312. The first-order chi connectivity index (χ1) is 11.3. The second-order valence-corrected chi connectivity index (χ2v) is 5.64. The molecule has 2 aromatic heterocycles. The van der Waals surface area contributed by atoms with E-state index in [0.717, 1.165) is 29.9 Å². The van der Waals surface area contributed by atoms with Crippen LogP contribution in [0.15, 0.2) is 42.7 Å². The van der Waals surface area contributed by atoms with Crippen LogP contribution < -0.4 is 5.73 Å². The van der Waals surface area contributed by atoms with Crippen LogP contribution in [0.5, 0.6) is 0 Å². The monoisotopic (exact) mass is 310 g/mol. The number of hydrogen-bond acceptors (Lipinski definition) is 5. The molecule has 4 rings (SSSR count). The van der Waals surface area contributed by atoms with Gasteiger partial charge in [-0.2, -0.15) is 10.1 Å². The topological polar surface area (TPSA) is 83.8 Å². The molecule has 7 heteroatoms. The van der Waals surface area contributed by atoms with Gasteiger partial charge in [-0.15, -0.1) is 5.10 Å². The highest BCUT2D eigenvalue weighted by atomic mass is 16.5. The zero-order valence-corrected chi connectivity index (χ0v) is 12.8. The summed E-state index contributed by atoms with van der Waals surface area (Å²) in [5.41, 5.74) is 7.91. The molecule has 0 saturated heterocycles. The van der Waals surface area contributed by atoms with Crippen LogP contribution in [0.3, 0.4) is 0 Å². The minimum absolute atomic E-state index is 0.0554. The quantitative estimate of drug-likeness (QED) is 0.801. The Labute approximate surface area is 133 Å². The number of nitrogen functional groups attached to an aromatic ring is 1. The molecule has 0 aliphatic carbocycles. The number of rotatable bonds is 3. The molecule has 0 amide bonds. The highest BCUT2D eigenvalue weighted by Gasteiger charge is 2.31. The third-order valence-electron chi connectivity index (χ3n) is 4.25. The number of methoxy groups -OCH3 is 1. The van der Waals surface area contributed by atoms with Gasteiger partial charge in [0.2, 0.25) is 5.95 Å². The van der Waals surface area contributed by atoms with Crippen LogP contribution >= 0.6 is 0 Å². The lowest BCUT2D eigenvalue weighted by Gasteiger charge is -2.27. The number of hydrogen-bond donors (Lipinski definition) is 1. The third-order valence-corrected chi connectivity index (χ3v) is 4.25. The van der Waals surface area contributed by atoms with Crippen LogP contribution in [0.4, 0.5) is 5.95 Å². The molecule has 7 nitrogen and oxygen atoms in total. The van der Waals surface area contributed by atoms with Gasteiger partial charge in [-0.3, -0.25) is 0 Å². The van der Waals surface area contributed by atoms with Crippen LogP contribution in [0, 0.1) is 0 Å². The first-order valence-corrected chi connectivity index (χ1v) is 7.61. The van der Waals surface area contributed by atoms with Gasteiger partial charge in [-0.05, 0) is 25.0 Å². The Morgan fingerprint density at radius 2 is 2.04 bits per heavy atom. The van der Waals surface area contributed by atoms with E-state index in [2.05, 4.69) is 15.2 Å². The number of nitrogens with two attached hydrogens (primary N) is 1. The highest BCUT2D eigenvalue weighted by molar-refractivity contribution is 5.32. The molecule has 0 bridgehead atoms. The summed E-state index contributed by atoms with van der Waals surface area (Å²) in [5.74, 6) is 1.07. The molecule has 0 fully saturated rings. The Morgan fingerprint density at radius 1 is 1.22 bits per heavy atom. The van der Waals surface area contributed by atoms with E-state index in [-0.39, 0.29) is 18.1 Å². The predicted molar refractivity (Wildman–Crippen MR) is 85.1 cm³/mol. The molecule has 118 valence electrons. The van der Waals surface area contributed by atoms with Gasteiger partial charge in [0.1, 0.15) is 6.10 Å². The average molecular weight is 310 g/mol. The molecular weight excluding hydrogens is 292 g/mol. The fourth-order valence-electron chi connectivity index (χ4n) is 3.12. The summed E-state index contributed by atoms with van der Waals surface area (Å²) in [6, 6.07) is 10.1. The number of fused-ring (bicyclic) bond motifs is 1. The largest absolute Gasteiger partial charge is 0.373 e. The molecule has 0 radical (unpaired) electrons. The van der Waals surface area contributed by atoms with E-state index in [0.29, 0.717) is 0 Å². The normalized spacial score (nSPS) is 20.4. The molecule has 3 heterocycles. The number of anilines is 1. The van der Waals surface area contributed by atoms with Crippen molar-refractivity contribution >= 4 is 5.95 Å². The van der Waals surface area contributed by atoms with Gasteiger partial charge in [0, 0.05) is 18.9 Å². The van der Waals surface area contributed by atoms with Crippen molar-refractivity contribution in [1.29, 1.82) is 0 Å². The Bertz CT molecular complexity index is 809. The first-order valence-electron chi connectivity index (χ1n) is 7.61. The Morgan fingerprint density at radius 3 is 2.83 bits per heavy atom. The molecular formula is C16H18N6O. The standard InChI is InChI=1S/C16H18N6O/c1-23-14-8-7-13(22-15(14)19-16(17)20-22)11-9-18-21(10-11)12-5-3-2-4-6-12/h2-6,9-10,13-14H,7-8H2,1H3,(H2,17,20). The van der Waals surface area contributed by atoms with Crippen LogP contribution in [0.1, 0.15) is 36.4 Å². The summed E-state index contributed by atoms with van der Waals surface area (Å²) >= 11 is 0. The van der Waals surface area contributed by atoms with E-state index < -0.39 is 0 Å². The van der Waals surface area contributed by atoms with Crippen molar-refractivity contribution in [3.05, 3.63) is 54.1 Å². The first kappa shape index (κ1) is 14.0. The number of nitrogens with zero attached hydrogens (tertiary/aromatic N) is 5. The van der Waals surface area contributed by atoms with Gasteiger partial charge in [-0.1, -0.05) is 18.2 Å². The van der Waals surface area contributed by atoms with Gasteiger partial charge < -0.3 is 10.5 Å². The van der Waals surface area contributed by atoms with Crippen molar-refractivity contribution in [1.82, 2.24) is 24.5 Å². The Kier molecular flexibility index (Phi) is 3.34. The average Bonchev–Trinajstić information content (AvgIpc) is 3.21. The fourth-order valence-corrected chi connectivity index (χ4v) is 3.12. The van der Waals surface area contributed by atoms with E-state index in [9.17, 15) is 0 Å². The second kappa shape index (κ2) is 5.51. The van der Waals surface area contributed by atoms with Crippen molar-refractivity contribution in [2.75, 3.05) is 12.8 Å². The maximum Gasteiger partial charge on any atom is 0.239 e. The number of aromatic nitrogens is 5. The Balaban J connectivity index is 1.70. The molecule has 2 N–H and O–H groups in total. The molecule has 3 aromatic rings. The molecule has 0 spiro atoms. The molecule has 23 heavy (non-hydrogen) atoms. The number of para-hydroxylation sites is 1. The van der Waals surface area contributed by atoms with E-state index in [1.54, 1.807) is 7.11 Å².